The molecule has 0 aromatic rings. The highest BCUT2D eigenvalue weighted by Gasteiger charge is 2.53. The van der Waals surface area contributed by atoms with Crippen molar-refractivity contribution in [2.24, 2.45) is 17.6 Å². The molecule has 0 aromatic heterocycles. The van der Waals surface area contributed by atoms with Crippen LogP contribution in [0.5, 0.6) is 0 Å². The van der Waals surface area contributed by atoms with Gasteiger partial charge in [0.15, 0.2) is 9.84 Å². The maximum atomic E-state index is 11.3. The molecule has 4 unspecified atom stereocenters. The predicted octanol–water partition coefficient (Wildman–Crippen LogP) is -0.110. The third-order valence-electron chi connectivity index (χ3n) is 2.82. The zero-order valence-corrected chi connectivity index (χ0v) is 7.08. The summed E-state index contributed by atoms with van der Waals surface area (Å²) in [5, 5.41) is 1.00. The van der Waals surface area contributed by atoms with Gasteiger partial charge < -0.3 is 5.73 Å². The van der Waals surface area contributed by atoms with Crippen LogP contribution >= 0.6 is 0 Å². The van der Waals surface area contributed by atoms with Crippen LogP contribution in [0, 0.1) is 11.8 Å². The summed E-state index contributed by atoms with van der Waals surface area (Å²) in [6, 6.07) is -0.153. The Kier molecular flexibility index (Phi) is 1.24. The van der Waals surface area contributed by atoms with Gasteiger partial charge in [-0.15, -0.1) is 0 Å². The van der Waals surface area contributed by atoms with E-state index in [0.717, 1.165) is 0 Å². The number of hydrogen-bond acceptors (Lipinski definition) is 3. The van der Waals surface area contributed by atoms with Gasteiger partial charge in [-0.25, -0.2) is 8.42 Å². The van der Waals surface area contributed by atoms with Gasteiger partial charge in [-0.2, -0.15) is 0 Å². The quantitative estimate of drug-likeness (QED) is 0.556. The fourth-order valence-corrected chi connectivity index (χ4v) is 4.09. The van der Waals surface area contributed by atoms with E-state index in [4.69, 9.17) is 5.73 Å². The highest BCUT2D eigenvalue weighted by Crippen LogP contribution is 2.43. The summed E-state index contributed by atoms with van der Waals surface area (Å²) in [6.45, 7) is 1.94. The number of hydrogen-bond donors (Lipinski definition) is 1. The van der Waals surface area contributed by atoms with Gasteiger partial charge in [0.2, 0.25) is 0 Å². The number of fused-ring (bicyclic) bond motifs is 1. The van der Waals surface area contributed by atoms with E-state index in [1.54, 1.807) is 6.08 Å². The Hall–Kier alpha value is -0.350. The molecule has 0 saturated heterocycles. The van der Waals surface area contributed by atoms with Crippen molar-refractivity contribution < 1.29 is 8.42 Å². The molecule has 62 valence electrons. The van der Waals surface area contributed by atoms with Crippen LogP contribution in [-0.4, -0.2) is 19.7 Å². The number of nitrogens with two attached hydrogens (primary N) is 1. The minimum atomic E-state index is -3.00. The maximum absolute atomic E-state index is 11.3. The summed E-state index contributed by atoms with van der Waals surface area (Å²) in [5.74, 6) is 0.517. The van der Waals surface area contributed by atoms with Crippen LogP contribution in [0.1, 0.15) is 6.92 Å². The number of sulfone groups is 1. The van der Waals surface area contributed by atoms with Crippen LogP contribution in [0.3, 0.4) is 0 Å². The van der Waals surface area contributed by atoms with E-state index in [1.165, 1.54) is 5.41 Å². The van der Waals surface area contributed by atoms with Gasteiger partial charge in [0.1, 0.15) is 0 Å². The monoisotopic (exact) mass is 173 g/mol. The molecule has 4 heteroatoms. The second-order valence-electron chi connectivity index (χ2n) is 3.40. The molecular formula is C7H11NO2S. The largest absolute Gasteiger partial charge is 0.326 e. The Bertz CT molecular complexity index is 296. The van der Waals surface area contributed by atoms with Gasteiger partial charge in [0.25, 0.3) is 0 Å². The second-order valence-corrected chi connectivity index (χ2v) is 5.39. The summed E-state index contributed by atoms with van der Waals surface area (Å²) in [6.07, 6.45) is 1.73. The third kappa shape index (κ3) is 0.739. The molecule has 0 amide bonds. The molecule has 2 N–H and O–H groups in total. The molecule has 0 radical (unpaired) electrons. The Morgan fingerprint density at radius 3 is 2.36 bits per heavy atom. The fourth-order valence-electron chi connectivity index (χ4n) is 2.11. The average Bonchev–Trinajstić information content (AvgIpc) is 1.85. The van der Waals surface area contributed by atoms with Gasteiger partial charge >= 0.3 is 0 Å². The van der Waals surface area contributed by atoms with E-state index in [1.807, 2.05) is 6.92 Å². The second kappa shape index (κ2) is 1.87. The van der Waals surface area contributed by atoms with Crippen LogP contribution in [0.2, 0.25) is 0 Å². The van der Waals surface area contributed by atoms with Crippen molar-refractivity contribution >= 4 is 9.84 Å². The van der Waals surface area contributed by atoms with E-state index in [2.05, 4.69) is 0 Å². The normalized spacial score (nSPS) is 51.8. The third-order valence-corrected chi connectivity index (χ3v) is 4.86. The first-order chi connectivity index (χ1) is 5.04. The molecule has 11 heavy (non-hydrogen) atoms. The highest BCUT2D eigenvalue weighted by atomic mass is 32.2. The summed E-state index contributed by atoms with van der Waals surface area (Å²) in [7, 11) is -3.00. The van der Waals surface area contributed by atoms with Gasteiger partial charge in [-0.05, 0) is 11.8 Å². The van der Waals surface area contributed by atoms with E-state index in [0.29, 0.717) is 5.92 Å². The van der Waals surface area contributed by atoms with Crippen molar-refractivity contribution in [1.29, 1.82) is 0 Å². The van der Waals surface area contributed by atoms with Crippen LogP contribution in [-0.2, 0) is 9.84 Å². The van der Waals surface area contributed by atoms with Gasteiger partial charge in [-0.1, -0.05) is 13.0 Å². The van der Waals surface area contributed by atoms with Crippen molar-refractivity contribution in [3.05, 3.63) is 11.5 Å². The highest BCUT2D eigenvalue weighted by molar-refractivity contribution is 7.95. The molecule has 3 nitrogen and oxygen atoms in total. The minimum absolute atomic E-state index is 0.153. The lowest BCUT2D eigenvalue weighted by Crippen LogP contribution is -2.63. The van der Waals surface area contributed by atoms with Crippen molar-refractivity contribution in [2.75, 3.05) is 0 Å². The molecular weight excluding hydrogens is 162 g/mol. The van der Waals surface area contributed by atoms with E-state index in [9.17, 15) is 8.42 Å². The summed E-state index contributed by atoms with van der Waals surface area (Å²) >= 11 is 0. The molecule has 3 aliphatic rings. The Morgan fingerprint density at radius 2 is 2.09 bits per heavy atom. The fraction of sp³-hybridized carbons (Fsp3) is 0.714. The molecule has 1 fully saturated rings. The lowest BCUT2D eigenvalue weighted by Gasteiger charge is -2.48. The van der Waals surface area contributed by atoms with Crippen molar-refractivity contribution in [3.8, 4) is 0 Å². The zero-order chi connectivity index (χ0) is 8.22. The molecule has 0 spiro atoms. The van der Waals surface area contributed by atoms with E-state index < -0.39 is 9.84 Å². The van der Waals surface area contributed by atoms with E-state index in [-0.39, 0.29) is 17.2 Å². The summed E-state index contributed by atoms with van der Waals surface area (Å²) in [5.41, 5.74) is 5.66. The zero-order valence-electron chi connectivity index (χ0n) is 6.27. The first kappa shape index (κ1) is 7.31. The maximum Gasteiger partial charge on any atom is 0.175 e. The summed E-state index contributed by atoms with van der Waals surface area (Å²) in [4.78, 5) is 0. The molecule has 2 aliphatic heterocycles. The number of rotatable bonds is 0. The lowest BCUT2D eigenvalue weighted by molar-refractivity contribution is 0.203. The Balaban J connectivity index is 2.49. The topological polar surface area (TPSA) is 60.2 Å². The SMILES string of the molecule is CC1C2C=CS(=O)(=O)C1C2N. The van der Waals surface area contributed by atoms with E-state index >= 15 is 0 Å². The molecule has 1 saturated carbocycles. The summed E-state index contributed by atoms with van der Waals surface area (Å²) < 4.78 is 22.5. The average molecular weight is 173 g/mol. The molecule has 0 aromatic carbocycles. The smallest absolute Gasteiger partial charge is 0.175 e. The lowest BCUT2D eigenvalue weighted by atomic mass is 9.70. The van der Waals surface area contributed by atoms with Gasteiger partial charge in [-0.3, -0.25) is 0 Å². The molecule has 2 bridgehead atoms. The molecule has 3 rings (SSSR count). The first-order valence-electron chi connectivity index (χ1n) is 3.72. The van der Waals surface area contributed by atoms with Gasteiger partial charge in [0.05, 0.1) is 5.25 Å². The standard InChI is InChI=1S/C7H11NO2S/c1-4-5-2-3-11(9,10)7(4)6(5)8/h2-7H,8H2,1H3. The minimum Gasteiger partial charge on any atom is -0.326 e. The first-order valence-corrected chi connectivity index (χ1v) is 5.32. The van der Waals surface area contributed by atoms with Crippen molar-refractivity contribution in [2.45, 2.75) is 18.2 Å². The van der Waals surface area contributed by atoms with Crippen molar-refractivity contribution in [1.82, 2.24) is 0 Å². The Morgan fingerprint density at radius 1 is 1.45 bits per heavy atom. The molecule has 4 atom stereocenters. The molecule has 2 heterocycles. The predicted molar refractivity (Wildman–Crippen MR) is 42.5 cm³/mol. The van der Waals surface area contributed by atoms with Crippen LogP contribution < -0.4 is 5.73 Å². The van der Waals surface area contributed by atoms with Crippen LogP contribution in [0.15, 0.2) is 11.5 Å². The molecule has 1 aliphatic carbocycles. The Labute approximate surface area is 66.2 Å². The van der Waals surface area contributed by atoms with Crippen LogP contribution in [0.25, 0.3) is 0 Å². The van der Waals surface area contributed by atoms with Gasteiger partial charge in [0, 0.05) is 11.4 Å². The van der Waals surface area contributed by atoms with Crippen molar-refractivity contribution in [3.63, 3.8) is 0 Å². The van der Waals surface area contributed by atoms with Crippen LogP contribution in [0.4, 0.5) is 0 Å².